The predicted molar refractivity (Wildman–Crippen MR) is 76.5 cm³/mol. The highest BCUT2D eigenvalue weighted by Crippen LogP contribution is 2.27. The summed E-state index contributed by atoms with van der Waals surface area (Å²) in [5.74, 6) is 1.03. The van der Waals surface area contributed by atoms with Gasteiger partial charge in [-0.2, -0.15) is 0 Å². The molecule has 1 aliphatic heterocycles. The Kier molecular flexibility index (Phi) is 5.74. The van der Waals surface area contributed by atoms with Gasteiger partial charge in [0.15, 0.2) is 8.68 Å². The number of nitrogens with zero attached hydrogens (tertiary/aromatic N) is 3. The molecule has 8 heteroatoms. The molecule has 1 saturated heterocycles. The standard InChI is InChI=1S/C10H16N4OS3/c1-16-9-12-13-10(18-9)17-7-2-8(15)14-5-3-11-4-6-14/h11H,2-7H2,1H3. The van der Waals surface area contributed by atoms with Crippen LogP contribution in [0.25, 0.3) is 0 Å². The summed E-state index contributed by atoms with van der Waals surface area (Å²) in [6, 6.07) is 0. The fraction of sp³-hybridized carbons (Fsp3) is 0.700. The second-order valence-electron chi connectivity index (χ2n) is 3.77. The molecule has 1 N–H and O–H groups in total. The van der Waals surface area contributed by atoms with E-state index in [1.807, 2.05) is 11.2 Å². The van der Waals surface area contributed by atoms with Gasteiger partial charge < -0.3 is 10.2 Å². The molecular weight excluding hydrogens is 288 g/mol. The van der Waals surface area contributed by atoms with Crippen molar-refractivity contribution in [2.24, 2.45) is 0 Å². The molecule has 0 radical (unpaired) electrons. The first-order valence-electron chi connectivity index (χ1n) is 5.78. The average Bonchev–Trinajstić information content (AvgIpc) is 2.87. The van der Waals surface area contributed by atoms with Gasteiger partial charge in [-0.15, -0.1) is 10.2 Å². The Morgan fingerprint density at radius 2 is 2.11 bits per heavy atom. The lowest BCUT2D eigenvalue weighted by atomic mass is 10.3. The van der Waals surface area contributed by atoms with Crippen molar-refractivity contribution in [3.8, 4) is 0 Å². The van der Waals surface area contributed by atoms with Crippen LogP contribution in [0.15, 0.2) is 8.68 Å². The Balaban J connectivity index is 1.69. The highest BCUT2D eigenvalue weighted by atomic mass is 32.2. The van der Waals surface area contributed by atoms with E-state index in [2.05, 4.69) is 15.5 Å². The van der Waals surface area contributed by atoms with E-state index in [9.17, 15) is 4.79 Å². The van der Waals surface area contributed by atoms with Crippen LogP contribution in [-0.2, 0) is 4.79 Å². The Hall–Kier alpha value is -0.310. The summed E-state index contributed by atoms with van der Waals surface area (Å²) in [7, 11) is 0. The van der Waals surface area contributed by atoms with Crippen LogP contribution in [0.4, 0.5) is 0 Å². The number of hydrogen-bond donors (Lipinski definition) is 1. The van der Waals surface area contributed by atoms with Crippen LogP contribution in [0.2, 0.25) is 0 Å². The van der Waals surface area contributed by atoms with E-state index in [0.29, 0.717) is 6.42 Å². The van der Waals surface area contributed by atoms with Gasteiger partial charge in [-0.1, -0.05) is 34.9 Å². The molecule has 100 valence electrons. The van der Waals surface area contributed by atoms with Gasteiger partial charge in [0.05, 0.1) is 0 Å². The monoisotopic (exact) mass is 304 g/mol. The van der Waals surface area contributed by atoms with E-state index < -0.39 is 0 Å². The first kappa shape index (κ1) is 14.1. The SMILES string of the molecule is CSc1nnc(SCCC(=O)N2CCNCC2)s1. The van der Waals surface area contributed by atoms with Crippen LogP contribution >= 0.6 is 34.9 Å². The minimum atomic E-state index is 0.249. The van der Waals surface area contributed by atoms with Crippen LogP contribution in [0.1, 0.15) is 6.42 Å². The third-order valence-electron chi connectivity index (χ3n) is 2.57. The average molecular weight is 304 g/mol. The van der Waals surface area contributed by atoms with Gasteiger partial charge in [-0.05, 0) is 6.26 Å². The fourth-order valence-corrected chi connectivity index (χ4v) is 4.07. The Bertz CT molecular complexity index is 392. The number of aromatic nitrogens is 2. The second kappa shape index (κ2) is 7.32. The molecule has 2 heterocycles. The number of thioether (sulfide) groups is 2. The van der Waals surface area contributed by atoms with Crippen LogP contribution in [-0.4, -0.2) is 59.2 Å². The summed E-state index contributed by atoms with van der Waals surface area (Å²) in [5.41, 5.74) is 0. The van der Waals surface area contributed by atoms with Crippen molar-refractivity contribution in [2.45, 2.75) is 15.1 Å². The molecule has 1 aromatic heterocycles. The zero-order valence-electron chi connectivity index (χ0n) is 10.2. The third kappa shape index (κ3) is 4.11. The van der Waals surface area contributed by atoms with E-state index in [1.165, 1.54) is 0 Å². The van der Waals surface area contributed by atoms with Crippen molar-refractivity contribution in [2.75, 3.05) is 38.2 Å². The number of carbonyl (C=O) groups is 1. The molecule has 0 aromatic carbocycles. The molecule has 0 aliphatic carbocycles. The molecule has 18 heavy (non-hydrogen) atoms. The van der Waals surface area contributed by atoms with Gasteiger partial charge in [0.1, 0.15) is 0 Å². The van der Waals surface area contributed by atoms with Crippen LogP contribution in [0.3, 0.4) is 0 Å². The van der Waals surface area contributed by atoms with Crippen molar-refractivity contribution in [1.29, 1.82) is 0 Å². The number of amides is 1. The van der Waals surface area contributed by atoms with Crippen molar-refractivity contribution < 1.29 is 4.79 Å². The summed E-state index contributed by atoms with van der Waals surface area (Å²) in [6.07, 6.45) is 2.57. The summed E-state index contributed by atoms with van der Waals surface area (Å²) >= 11 is 4.81. The normalized spacial score (nSPS) is 15.9. The zero-order chi connectivity index (χ0) is 12.8. The molecule has 0 spiro atoms. The molecule has 1 fully saturated rings. The lowest BCUT2D eigenvalue weighted by molar-refractivity contribution is -0.131. The van der Waals surface area contributed by atoms with E-state index in [1.54, 1.807) is 34.9 Å². The van der Waals surface area contributed by atoms with Gasteiger partial charge in [0, 0.05) is 38.4 Å². The van der Waals surface area contributed by atoms with Gasteiger partial charge in [0.2, 0.25) is 5.91 Å². The van der Waals surface area contributed by atoms with Crippen LogP contribution < -0.4 is 5.32 Å². The number of nitrogens with one attached hydrogen (secondary N) is 1. The van der Waals surface area contributed by atoms with Crippen molar-refractivity contribution >= 4 is 40.8 Å². The zero-order valence-corrected chi connectivity index (χ0v) is 12.7. The minimum Gasteiger partial charge on any atom is -0.340 e. The first-order valence-corrected chi connectivity index (χ1v) is 8.81. The largest absolute Gasteiger partial charge is 0.340 e. The third-order valence-corrected chi connectivity index (χ3v) is 5.61. The van der Waals surface area contributed by atoms with E-state index in [0.717, 1.165) is 40.6 Å². The molecular formula is C10H16N4OS3. The second-order valence-corrected chi connectivity index (χ2v) is 7.14. The summed E-state index contributed by atoms with van der Waals surface area (Å²) in [6.45, 7) is 3.48. The summed E-state index contributed by atoms with van der Waals surface area (Å²) in [5, 5.41) is 11.3. The molecule has 5 nitrogen and oxygen atoms in total. The maximum absolute atomic E-state index is 11.9. The first-order chi connectivity index (χ1) is 8.79. The predicted octanol–water partition coefficient (Wildman–Crippen LogP) is 1.17. The Morgan fingerprint density at radius 1 is 1.39 bits per heavy atom. The molecule has 1 amide bonds. The smallest absolute Gasteiger partial charge is 0.223 e. The molecule has 2 rings (SSSR count). The number of rotatable bonds is 5. The number of hydrogen-bond acceptors (Lipinski definition) is 7. The molecule has 1 aromatic rings. The molecule has 0 bridgehead atoms. The fourth-order valence-electron chi connectivity index (χ4n) is 1.64. The summed E-state index contributed by atoms with van der Waals surface area (Å²) < 4.78 is 1.93. The highest BCUT2D eigenvalue weighted by Gasteiger charge is 2.15. The van der Waals surface area contributed by atoms with Gasteiger partial charge in [0.25, 0.3) is 0 Å². The molecule has 0 unspecified atom stereocenters. The minimum absolute atomic E-state index is 0.249. The topological polar surface area (TPSA) is 58.1 Å². The Labute approximate surface area is 119 Å². The molecule has 0 saturated carbocycles. The van der Waals surface area contributed by atoms with Gasteiger partial charge >= 0.3 is 0 Å². The van der Waals surface area contributed by atoms with Crippen molar-refractivity contribution in [3.05, 3.63) is 0 Å². The lowest BCUT2D eigenvalue weighted by Gasteiger charge is -2.27. The van der Waals surface area contributed by atoms with Crippen molar-refractivity contribution in [1.82, 2.24) is 20.4 Å². The van der Waals surface area contributed by atoms with Crippen LogP contribution in [0.5, 0.6) is 0 Å². The Morgan fingerprint density at radius 3 is 2.78 bits per heavy atom. The van der Waals surface area contributed by atoms with Gasteiger partial charge in [-0.25, -0.2) is 0 Å². The summed E-state index contributed by atoms with van der Waals surface area (Å²) in [4.78, 5) is 13.8. The van der Waals surface area contributed by atoms with Crippen molar-refractivity contribution in [3.63, 3.8) is 0 Å². The van der Waals surface area contributed by atoms with E-state index >= 15 is 0 Å². The van der Waals surface area contributed by atoms with E-state index in [4.69, 9.17) is 0 Å². The lowest BCUT2D eigenvalue weighted by Crippen LogP contribution is -2.46. The quantitative estimate of drug-likeness (QED) is 0.824. The number of piperazine rings is 1. The highest BCUT2D eigenvalue weighted by molar-refractivity contribution is 8.02. The maximum atomic E-state index is 11.9. The molecule has 1 aliphatic rings. The maximum Gasteiger partial charge on any atom is 0.223 e. The van der Waals surface area contributed by atoms with Gasteiger partial charge in [-0.3, -0.25) is 4.79 Å². The van der Waals surface area contributed by atoms with Crippen LogP contribution in [0, 0.1) is 0 Å². The molecule has 0 atom stereocenters. The van der Waals surface area contributed by atoms with E-state index in [-0.39, 0.29) is 5.91 Å². The number of carbonyl (C=O) groups excluding carboxylic acids is 1.